The first-order chi connectivity index (χ1) is 9.94. The van der Waals surface area contributed by atoms with Crippen LogP contribution in [0.15, 0.2) is 23.8 Å². The second-order valence-corrected chi connectivity index (χ2v) is 6.66. The highest BCUT2D eigenvalue weighted by atomic mass is 16.5. The lowest BCUT2D eigenvalue weighted by Crippen LogP contribution is -2.31. The van der Waals surface area contributed by atoms with Crippen molar-refractivity contribution >= 4 is 5.82 Å². The van der Waals surface area contributed by atoms with E-state index in [1.54, 1.807) is 7.11 Å². The lowest BCUT2D eigenvalue weighted by Gasteiger charge is -2.29. The van der Waals surface area contributed by atoms with Gasteiger partial charge in [0.25, 0.3) is 0 Å². The Morgan fingerprint density at radius 3 is 2.62 bits per heavy atom. The zero-order chi connectivity index (χ0) is 15.5. The van der Waals surface area contributed by atoms with Crippen molar-refractivity contribution in [1.29, 1.82) is 0 Å². The molecule has 4 nitrogen and oxygen atoms in total. The van der Waals surface area contributed by atoms with Crippen molar-refractivity contribution in [3.63, 3.8) is 0 Å². The van der Waals surface area contributed by atoms with E-state index in [1.807, 2.05) is 0 Å². The first kappa shape index (κ1) is 16.0. The minimum atomic E-state index is 0.0345. The van der Waals surface area contributed by atoms with Gasteiger partial charge in [-0.15, -0.1) is 0 Å². The molecule has 116 valence electrons. The summed E-state index contributed by atoms with van der Waals surface area (Å²) < 4.78 is 5.20. The first-order valence-corrected chi connectivity index (χ1v) is 7.57. The van der Waals surface area contributed by atoms with E-state index in [0.29, 0.717) is 6.54 Å². The fourth-order valence-corrected chi connectivity index (χ4v) is 2.47. The van der Waals surface area contributed by atoms with Crippen LogP contribution in [0.1, 0.15) is 38.4 Å². The van der Waals surface area contributed by atoms with Gasteiger partial charge >= 0.3 is 0 Å². The third-order valence-electron chi connectivity index (χ3n) is 3.83. The van der Waals surface area contributed by atoms with E-state index in [1.165, 1.54) is 5.57 Å². The number of pyridine rings is 1. The molecule has 0 spiro atoms. The number of rotatable bonds is 4. The second-order valence-electron chi connectivity index (χ2n) is 6.66. The van der Waals surface area contributed by atoms with Gasteiger partial charge in [0.05, 0.1) is 6.61 Å². The average Bonchev–Trinajstić information content (AvgIpc) is 2.47. The molecule has 0 bridgehead atoms. The molecule has 4 heteroatoms. The minimum Gasteiger partial charge on any atom is -0.380 e. The Bertz CT molecular complexity index is 517. The normalized spacial score (nSPS) is 16.0. The summed E-state index contributed by atoms with van der Waals surface area (Å²) >= 11 is 0. The molecular weight excluding hydrogens is 262 g/mol. The predicted octanol–water partition coefficient (Wildman–Crippen LogP) is 2.62. The number of hydrogen-bond donors (Lipinski definition) is 1. The molecule has 1 aromatic rings. The van der Waals surface area contributed by atoms with Gasteiger partial charge in [-0.25, -0.2) is 4.98 Å². The molecule has 21 heavy (non-hydrogen) atoms. The Morgan fingerprint density at radius 2 is 2.10 bits per heavy atom. The number of nitrogens with zero attached hydrogens (tertiary/aromatic N) is 2. The molecule has 0 aromatic carbocycles. The Morgan fingerprint density at radius 1 is 1.33 bits per heavy atom. The molecule has 0 fully saturated rings. The lowest BCUT2D eigenvalue weighted by atomic mass is 9.90. The Labute approximate surface area is 128 Å². The number of ether oxygens (including phenoxy) is 1. The van der Waals surface area contributed by atoms with E-state index >= 15 is 0 Å². The van der Waals surface area contributed by atoms with Crippen molar-refractivity contribution in [2.24, 2.45) is 5.73 Å². The maximum absolute atomic E-state index is 5.85. The van der Waals surface area contributed by atoms with Crippen molar-refractivity contribution in [3.05, 3.63) is 35.0 Å². The minimum absolute atomic E-state index is 0.0345. The molecule has 0 saturated carbocycles. The molecule has 0 unspecified atom stereocenters. The number of methoxy groups -OCH3 is 1. The monoisotopic (exact) mass is 289 g/mol. The quantitative estimate of drug-likeness (QED) is 0.866. The summed E-state index contributed by atoms with van der Waals surface area (Å²) in [5.74, 6) is 1.04. The zero-order valence-corrected chi connectivity index (χ0v) is 13.6. The van der Waals surface area contributed by atoms with Crippen LogP contribution >= 0.6 is 0 Å². The van der Waals surface area contributed by atoms with E-state index in [0.717, 1.165) is 43.2 Å². The van der Waals surface area contributed by atoms with E-state index in [-0.39, 0.29) is 5.41 Å². The highest BCUT2D eigenvalue weighted by molar-refractivity contribution is 5.46. The predicted molar refractivity (Wildman–Crippen MR) is 87.6 cm³/mol. The van der Waals surface area contributed by atoms with Gasteiger partial charge in [-0.05, 0) is 29.7 Å². The van der Waals surface area contributed by atoms with Gasteiger partial charge in [0.2, 0.25) is 0 Å². The van der Waals surface area contributed by atoms with Crippen LogP contribution in [0.25, 0.3) is 0 Å². The van der Waals surface area contributed by atoms with E-state index in [9.17, 15) is 0 Å². The molecule has 0 saturated heterocycles. The molecular formula is C17H27N3O. The largest absolute Gasteiger partial charge is 0.380 e. The van der Waals surface area contributed by atoms with Crippen molar-refractivity contribution in [1.82, 2.24) is 4.98 Å². The zero-order valence-electron chi connectivity index (χ0n) is 13.6. The maximum atomic E-state index is 5.85. The Hall–Kier alpha value is -1.39. The number of hydrogen-bond acceptors (Lipinski definition) is 4. The average molecular weight is 289 g/mol. The fourth-order valence-electron chi connectivity index (χ4n) is 2.47. The van der Waals surface area contributed by atoms with Crippen LogP contribution in [0.4, 0.5) is 5.82 Å². The molecule has 0 amide bonds. The van der Waals surface area contributed by atoms with Gasteiger partial charge in [0.15, 0.2) is 0 Å². The third-order valence-corrected chi connectivity index (χ3v) is 3.83. The molecule has 0 atom stereocenters. The Kier molecular flexibility index (Phi) is 5.01. The number of nitrogens with two attached hydrogens (primary N) is 1. The molecule has 2 N–H and O–H groups in total. The molecule has 1 aliphatic rings. The smallest absolute Gasteiger partial charge is 0.129 e. The summed E-state index contributed by atoms with van der Waals surface area (Å²) in [7, 11) is 1.75. The first-order valence-electron chi connectivity index (χ1n) is 7.57. The molecule has 2 heterocycles. The van der Waals surface area contributed by atoms with Crippen LogP contribution in [0, 0.1) is 0 Å². The summed E-state index contributed by atoms with van der Waals surface area (Å²) in [6.45, 7) is 9.72. The van der Waals surface area contributed by atoms with Crippen LogP contribution in [-0.4, -0.2) is 31.8 Å². The van der Waals surface area contributed by atoms with E-state index in [4.69, 9.17) is 15.5 Å². The summed E-state index contributed by atoms with van der Waals surface area (Å²) in [4.78, 5) is 7.17. The molecule has 1 aliphatic heterocycles. The Balaban J connectivity index is 2.24. The molecule has 0 aliphatic carbocycles. The van der Waals surface area contributed by atoms with Crippen molar-refractivity contribution in [3.8, 4) is 0 Å². The lowest BCUT2D eigenvalue weighted by molar-refractivity contribution is 0.222. The van der Waals surface area contributed by atoms with Crippen molar-refractivity contribution in [2.45, 2.75) is 39.2 Å². The molecule has 2 rings (SSSR count). The van der Waals surface area contributed by atoms with Gasteiger partial charge in [-0.1, -0.05) is 26.8 Å². The van der Waals surface area contributed by atoms with Crippen molar-refractivity contribution in [2.75, 3.05) is 31.7 Å². The highest BCUT2D eigenvalue weighted by Gasteiger charge is 2.20. The van der Waals surface area contributed by atoms with E-state index < -0.39 is 0 Å². The molecule has 1 aromatic heterocycles. The van der Waals surface area contributed by atoms with Gasteiger partial charge in [-0.3, -0.25) is 0 Å². The van der Waals surface area contributed by atoms with Crippen LogP contribution < -0.4 is 10.6 Å². The summed E-state index contributed by atoms with van der Waals surface area (Å²) in [5.41, 5.74) is 9.51. The number of anilines is 1. The van der Waals surface area contributed by atoms with Crippen molar-refractivity contribution < 1.29 is 4.74 Å². The maximum Gasteiger partial charge on any atom is 0.129 e. The van der Waals surface area contributed by atoms with Crippen LogP contribution in [0.3, 0.4) is 0 Å². The third kappa shape index (κ3) is 4.05. The standard InChI is InChI=1S/C17H27N3O/c1-17(2,3)15-9-14(11-18)10-16(19-15)20-7-5-13(6-8-20)12-21-4/h5,9-10H,6-8,11-12,18H2,1-4H3. The van der Waals surface area contributed by atoms with Crippen LogP contribution in [0.5, 0.6) is 0 Å². The fraction of sp³-hybridized carbons (Fsp3) is 0.588. The SMILES string of the molecule is COCC1=CCN(c2cc(CN)cc(C(C)(C)C)n2)CC1. The summed E-state index contributed by atoms with van der Waals surface area (Å²) in [6, 6.07) is 4.24. The second kappa shape index (κ2) is 6.58. The summed E-state index contributed by atoms with van der Waals surface area (Å²) in [6.07, 6.45) is 3.29. The summed E-state index contributed by atoms with van der Waals surface area (Å²) in [5, 5.41) is 0. The topological polar surface area (TPSA) is 51.4 Å². The highest BCUT2D eigenvalue weighted by Crippen LogP contribution is 2.26. The number of aromatic nitrogens is 1. The van der Waals surface area contributed by atoms with Gasteiger partial charge in [-0.2, -0.15) is 0 Å². The van der Waals surface area contributed by atoms with Crippen LogP contribution in [-0.2, 0) is 16.7 Å². The van der Waals surface area contributed by atoms with E-state index in [2.05, 4.69) is 43.9 Å². The molecule has 0 radical (unpaired) electrons. The van der Waals surface area contributed by atoms with Gasteiger partial charge in [0, 0.05) is 37.9 Å². The van der Waals surface area contributed by atoms with Gasteiger partial charge in [0.1, 0.15) is 5.82 Å². The van der Waals surface area contributed by atoms with Crippen LogP contribution in [0.2, 0.25) is 0 Å². The van der Waals surface area contributed by atoms with Gasteiger partial charge < -0.3 is 15.4 Å².